The van der Waals surface area contributed by atoms with E-state index >= 15 is 0 Å². The molecule has 16 heavy (non-hydrogen) atoms. The molecular weight excluding hydrogens is 237 g/mol. The molecule has 2 aromatic rings. The van der Waals surface area contributed by atoms with Crippen molar-refractivity contribution in [3.8, 4) is 0 Å². The third-order valence-corrected chi connectivity index (χ3v) is 1.93. The summed E-state index contributed by atoms with van der Waals surface area (Å²) in [5.41, 5.74) is 4.60. The van der Waals surface area contributed by atoms with E-state index in [9.17, 15) is 14.0 Å². The lowest BCUT2D eigenvalue weighted by molar-refractivity contribution is 0.0974. The number of hydrogen-bond donors (Lipinski definition) is 1. The highest BCUT2D eigenvalue weighted by Gasteiger charge is 2.09. The quantitative estimate of drug-likeness (QED) is 0.824. The zero-order chi connectivity index (χ0) is 11.0. The first kappa shape index (κ1) is 12.2. The second kappa shape index (κ2) is 4.32. The van der Waals surface area contributed by atoms with Gasteiger partial charge in [0, 0.05) is 6.07 Å². The van der Waals surface area contributed by atoms with Crippen LogP contribution in [-0.4, -0.2) is 5.91 Å². The predicted octanol–water partition coefficient (Wildman–Crippen LogP) is 1.45. The van der Waals surface area contributed by atoms with Gasteiger partial charge in [-0.3, -0.25) is 9.59 Å². The Hall–Kier alpha value is -1.88. The number of fused-ring (bicyclic) bond motifs is 1. The van der Waals surface area contributed by atoms with E-state index in [1.807, 2.05) is 0 Å². The number of carbonyl (C=O) groups is 1. The molecule has 0 aliphatic rings. The highest BCUT2D eigenvalue weighted by molar-refractivity contribution is 5.91. The molecule has 2 rings (SSSR count). The number of nitrogens with two attached hydrogens (primary N) is 1. The van der Waals surface area contributed by atoms with Crippen molar-refractivity contribution < 1.29 is 13.6 Å². The van der Waals surface area contributed by atoms with Crippen LogP contribution >= 0.6 is 12.4 Å². The molecule has 0 bridgehead atoms. The van der Waals surface area contributed by atoms with E-state index in [0.29, 0.717) is 0 Å². The summed E-state index contributed by atoms with van der Waals surface area (Å²) >= 11 is 0. The van der Waals surface area contributed by atoms with Crippen LogP contribution < -0.4 is 11.2 Å². The molecule has 4 nitrogen and oxygen atoms in total. The molecule has 84 valence electrons. The van der Waals surface area contributed by atoms with E-state index in [-0.39, 0.29) is 29.1 Å². The maximum Gasteiger partial charge on any atom is 0.284 e. The number of hydrogen-bond acceptors (Lipinski definition) is 3. The first-order valence-electron chi connectivity index (χ1n) is 4.11. The molecule has 6 heteroatoms. The topological polar surface area (TPSA) is 73.3 Å². The van der Waals surface area contributed by atoms with Crippen molar-refractivity contribution in [2.24, 2.45) is 5.73 Å². The third kappa shape index (κ3) is 2.04. The number of primary amides is 1. The molecule has 1 aromatic carbocycles. The van der Waals surface area contributed by atoms with E-state index in [1.54, 1.807) is 0 Å². The summed E-state index contributed by atoms with van der Waals surface area (Å²) in [6, 6.07) is 4.41. The van der Waals surface area contributed by atoms with Gasteiger partial charge in [0.15, 0.2) is 11.2 Å². The second-order valence-corrected chi connectivity index (χ2v) is 2.98. The highest BCUT2D eigenvalue weighted by Crippen LogP contribution is 2.13. The Kier molecular flexibility index (Phi) is 3.29. The minimum Gasteiger partial charge on any atom is -0.451 e. The Morgan fingerprint density at radius 2 is 2.00 bits per heavy atom. The van der Waals surface area contributed by atoms with Crippen molar-refractivity contribution >= 4 is 29.3 Å². The minimum atomic E-state index is -0.835. The molecule has 0 radical (unpaired) electrons. The highest BCUT2D eigenvalue weighted by atomic mass is 35.5. The van der Waals surface area contributed by atoms with Crippen molar-refractivity contribution in [3.05, 3.63) is 46.1 Å². The lowest BCUT2D eigenvalue weighted by Crippen LogP contribution is -2.14. The van der Waals surface area contributed by atoms with Crippen LogP contribution in [0.1, 0.15) is 10.6 Å². The van der Waals surface area contributed by atoms with Gasteiger partial charge in [0.1, 0.15) is 11.4 Å². The van der Waals surface area contributed by atoms with E-state index in [1.165, 1.54) is 6.07 Å². The molecule has 0 unspecified atom stereocenters. The van der Waals surface area contributed by atoms with Gasteiger partial charge in [-0.15, -0.1) is 12.4 Å². The molecule has 0 atom stereocenters. The molecule has 1 aromatic heterocycles. The summed E-state index contributed by atoms with van der Waals surface area (Å²) in [5, 5.41) is 0.0833. The maximum absolute atomic E-state index is 12.8. The van der Waals surface area contributed by atoms with Gasteiger partial charge < -0.3 is 10.2 Å². The maximum atomic E-state index is 12.8. The second-order valence-electron chi connectivity index (χ2n) is 2.98. The van der Waals surface area contributed by atoms with Crippen LogP contribution in [0.25, 0.3) is 11.0 Å². The SMILES string of the molecule is Cl.NC(=O)c1cc(=O)c2cc(F)ccc2o1. The van der Waals surface area contributed by atoms with Crippen LogP contribution in [0.4, 0.5) is 4.39 Å². The average Bonchev–Trinajstić information content (AvgIpc) is 2.18. The Bertz CT molecular complexity index is 609. The lowest BCUT2D eigenvalue weighted by atomic mass is 10.2. The number of amides is 1. The van der Waals surface area contributed by atoms with Gasteiger partial charge in [0.25, 0.3) is 5.91 Å². The number of rotatable bonds is 1. The standard InChI is InChI=1S/C10H6FNO3.ClH/c11-5-1-2-8-6(3-5)7(13)4-9(15-8)10(12)14;/h1-4H,(H2,12,14);1H. The van der Waals surface area contributed by atoms with Crippen LogP contribution in [0.3, 0.4) is 0 Å². The van der Waals surface area contributed by atoms with Crippen LogP contribution in [0.2, 0.25) is 0 Å². The summed E-state index contributed by atoms with van der Waals surface area (Å²) < 4.78 is 17.8. The van der Waals surface area contributed by atoms with Crippen molar-refractivity contribution in [2.75, 3.05) is 0 Å². The molecule has 0 aliphatic carbocycles. The van der Waals surface area contributed by atoms with E-state index in [0.717, 1.165) is 18.2 Å². The molecule has 1 amide bonds. The van der Waals surface area contributed by atoms with Crippen LogP contribution in [0.5, 0.6) is 0 Å². The van der Waals surface area contributed by atoms with E-state index in [2.05, 4.69) is 0 Å². The van der Waals surface area contributed by atoms with Gasteiger partial charge in [-0.2, -0.15) is 0 Å². The Balaban J connectivity index is 0.00000128. The predicted molar refractivity (Wildman–Crippen MR) is 58.2 cm³/mol. The Morgan fingerprint density at radius 1 is 1.31 bits per heavy atom. The molecule has 2 N–H and O–H groups in total. The fourth-order valence-electron chi connectivity index (χ4n) is 1.25. The summed E-state index contributed by atoms with van der Waals surface area (Å²) in [4.78, 5) is 22.2. The molecule has 0 saturated carbocycles. The van der Waals surface area contributed by atoms with Crippen LogP contribution in [-0.2, 0) is 0 Å². The molecular formula is C10H7ClFNO3. The zero-order valence-corrected chi connectivity index (χ0v) is 8.71. The molecule has 0 spiro atoms. The van der Waals surface area contributed by atoms with Gasteiger partial charge in [0.05, 0.1) is 5.39 Å². The first-order chi connectivity index (χ1) is 7.08. The smallest absolute Gasteiger partial charge is 0.284 e. The Morgan fingerprint density at radius 3 is 2.62 bits per heavy atom. The van der Waals surface area contributed by atoms with E-state index < -0.39 is 17.2 Å². The van der Waals surface area contributed by atoms with Crippen LogP contribution in [0.15, 0.2) is 33.5 Å². The molecule has 0 aliphatic heterocycles. The number of carbonyl (C=O) groups excluding carboxylic acids is 1. The van der Waals surface area contributed by atoms with Gasteiger partial charge in [-0.1, -0.05) is 0 Å². The molecule has 0 saturated heterocycles. The van der Waals surface area contributed by atoms with Gasteiger partial charge in [-0.05, 0) is 18.2 Å². The lowest BCUT2D eigenvalue weighted by Gasteiger charge is -1.98. The largest absolute Gasteiger partial charge is 0.451 e. The van der Waals surface area contributed by atoms with E-state index in [4.69, 9.17) is 10.2 Å². The summed E-state index contributed by atoms with van der Waals surface area (Å²) in [5.74, 6) is -1.61. The molecule has 0 fully saturated rings. The van der Waals surface area contributed by atoms with Crippen molar-refractivity contribution in [1.29, 1.82) is 0 Å². The normalized spacial score (nSPS) is 9.81. The minimum absolute atomic E-state index is 0. The average molecular weight is 244 g/mol. The van der Waals surface area contributed by atoms with Crippen LogP contribution in [0, 0.1) is 5.82 Å². The summed E-state index contributed by atoms with van der Waals surface area (Å²) in [6.07, 6.45) is 0. The summed E-state index contributed by atoms with van der Waals surface area (Å²) in [7, 11) is 0. The van der Waals surface area contributed by atoms with Crippen molar-refractivity contribution in [3.63, 3.8) is 0 Å². The molecule has 1 heterocycles. The van der Waals surface area contributed by atoms with Crippen molar-refractivity contribution in [1.82, 2.24) is 0 Å². The van der Waals surface area contributed by atoms with Crippen molar-refractivity contribution in [2.45, 2.75) is 0 Å². The first-order valence-corrected chi connectivity index (χ1v) is 4.11. The van der Waals surface area contributed by atoms with Gasteiger partial charge >= 0.3 is 0 Å². The monoisotopic (exact) mass is 243 g/mol. The zero-order valence-electron chi connectivity index (χ0n) is 7.90. The van der Waals surface area contributed by atoms with Gasteiger partial charge in [-0.25, -0.2) is 4.39 Å². The third-order valence-electron chi connectivity index (χ3n) is 1.93. The van der Waals surface area contributed by atoms with Gasteiger partial charge in [0.2, 0.25) is 0 Å². The fraction of sp³-hybridized carbons (Fsp3) is 0. The number of benzene rings is 1. The number of halogens is 2. The summed E-state index contributed by atoms with van der Waals surface area (Å²) in [6.45, 7) is 0. The Labute approximate surface area is 95.3 Å². The fourth-order valence-corrected chi connectivity index (χ4v) is 1.25.